The predicted molar refractivity (Wildman–Crippen MR) is 222 cm³/mol. The zero-order valence-corrected chi connectivity index (χ0v) is 33.7. The van der Waals surface area contributed by atoms with Crippen molar-refractivity contribution in [1.82, 2.24) is 0 Å². The summed E-state index contributed by atoms with van der Waals surface area (Å²) >= 11 is 3.43. The average molecular weight is 739 g/mol. The monoisotopic (exact) mass is 738 g/mol. The first-order chi connectivity index (χ1) is 25.4. The van der Waals surface area contributed by atoms with Crippen LogP contribution in [0.1, 0.15) is 153 Å². The number of nitrogens with zero attached hydrogens (tertiary/aromatic N) is 2. The van der Waals surface area contributed by atoms with Crippen LogP contribution < -0.4 is 10.4 Å². The van der Waals surface area contributed by atoms with E-state index in [0.717, 1.165) is 75.9 Å². The molecule has 0 saturated heterocycles. The molecule has 278 valence electrons. The number of carbonyl (C=O) groups excluding carboxylic acids is 2. The maximum absolute atomic E-state index is 13.6. The van der Waals surface area contributed by atoms with Crippen LogP contribution in [0.15, 0.2) is 24.3 Å². The minimum Gasteiger partial charge on any atom is -0.471 e. The molecule has 0 aliphatic carbocycles. The fourth-order valence-corrected chi connectivity index (χ4v) is 9.61. The number of aryl methyl sites for hydroxylation is 2. The number of hydrogen-bond donors (Lipinski definition) is 0. The molecule has 52 heavy (non-hydrogen) atoms. The van der Waals surface area contributed by atoms with Crippen molar-refractivity contribution in [3.05, 3.63) is 55.9 Å². The van der Waals surface area contributed by atoms with Gasteiger partial charge in [-0.05, 0) is 67.8 Å². The van der Waals surface area contributed by atoms with Gasteiger partial charge in [0.15, 0.2) is 5.78 Å². The molecule has 0 amide bonds. The normalized spacial score (nSPS) is 12.7. The first-order valence-corrected chi connectivity index (χ1v) is 21.7. The molecule has 2 heterocycles. The quantitative estimate of drug-likeness (QED) is 0.0431. The Bertz CT molecular complexity index is 2020. The van der Waals surface area contributed by atoms with Gasteiger partial charge in [0.25, 0.3) is 5.70 Å². The number of Topliss-reactive ketones (excluding diaryl/α,β-unsaturated/α-hetero) is 1. The van der Waals surface area contributed by atoms with Crippen molar-refractivity contribution in [1.29, 1.82) is 5.26 Å². The van der Waals surface area contributed by atoms with Crippen LogP contribution in [0, 0.1) is 17.9 Å². The maximum Gasteiger partial charge on any atom is 0.336 e. The molecule has 0 aliphatic rings. The molecular formula is C45H58N2O3S2. The summed E-state index contributed by atoms with van der Waals surface area (Å²) in [6.45, 7) is 16.6. The van der Waals surface area contributed by atoms with Crippen LogP contribution >= 0.6 is 22.7 Å². The van der Waals surface area contributed by atoms with E-state index in [9.17, 15) is 14.9 Å². The van der Waals surface area contributed by atoms with Crippen molar-refractivity contribution >= 4 is 76.6 Å². The van der Waals surface area contributed by atoms with Crippen molar-refractivity contribution in [3.63, 3.8) is 0 Å². The third kappa shape index (κ3) is 11.0. The minimum atomic E-state index is -0.563. The molecule has 0 saturated carbocycles. The van der Waals surface area contributed by atoms with Crippen LogP contribution in [-0.2, 0) is 27.2 Å². The third-order valence-electron chi connectivity index (χ3n) is 10.1. The van der Waals surface area contributed by atoms with Gasteiger partial charge in [0.05, 0.1) is 13.2 Å². The van der Waals surface area contributed by atoms with Crippen molar-refractivity contribution in [2.24, 2.45) is 0 Å². The molecule has 2 aromatic heterocycles. The van der Waals surface area contributed by atoms with Crippen LogP contribution in [0.25, 0.3) is 47.1 Å². The molecular weight excluding hydrogens is 681 g/mol. The number of nitriles is 1. The van der Waals surface area contributed by atoms with Crippen molar-refractivity contribution in [3.8, 4) is 6.07 Å². The fourth-order valence-electron chi connectivity index (χ4n) is 7.13. The van der Waals surface area contributed by atoms with E-state index < -0.39 is 5.97 Å². The zero-order chi connectivity index (χ0) is 37.3. The number of ether oxygens (including phenoxy) is 1. The van der Waals surface area contributed by atoms with Gasteiger partial charge in [-0.15, -0.1) is 22.7 Å². The molecule has 0 atom stereocenters. The van der Waals surface area contributed by atoms with Crippen molar-refractivity contribution in [2.45, 2.75) is 156 Å². The van der Waals surface area contributed by atoms with Crippen LogP contribution in [0.2, 0.25) is 0 Å². The van der Waals surface area contributed by atoms with E-state index in [4.69, 9.17) is 11.3 Å². The largest absolute Gasteiger partial charge is 0.471 e. The van der Waals surface area contributed by atoms with Crippen molar-refractivity contribution in [2.75, 3.05) is 6.61 Å². The summed E-state index contributed by atoms with van der Waals surface area (Å²) in [5.41, 5.74) is 0.194. The smallest absolute Gasteiger partial charge is 0.336 e. The lowest BCUT2D eigenvalue weighted by Crippen LogP contribution is -2.16. The van der Waals surface area contributed by atoms with E-state index in [2.05, 4.69) is 43.8 Å². The van der Waals surface area contributed by atoms with Crippen LogP contribution in [0.4, 0.5) is 0 Å². The van der Waals surface area contributed by atoms with Crippen LogP contribution in [-0.4, -0.2) is 18.4 Å². The summed E-state index contributed by atoms with van der Waals surface area (Å²) in [6, 6.07) is 10.6. The zero-order valence-electron chi connectivity index (χ0n) is 32.1. The van der Waals surface area contributed by atoms with Gasteiger partial charge < -0.3 is 4.74 Å². The van der Waals surface area contributed by atoms with Gasteiger partial charge in [-0.2, -0.15) is 5.26 Å². The molecule has 7 heteroatoms. The highest BCUT2D eigenvalue weighted by Gasteiger charge is 2.20. The van der Waals surface area contributed by atoms with Crippen LogP contribution in [0.5, 0.6) is 0 Å². The Labute approximate surface area is 319 Å². The van der Waals surface area contributed by atoms with Gasteiger partial charge in [-0.25, -0.2) is 4.85 Å². The van der Waals surface area contributed by atoms with Gasteiger partial charge in [0.2, 0.25) is 0 Å². The van der Waals surface area contributed by atoms with E-state index in [0.29, 0.717) is 17.0 Å². The van der Waals surface area contributed by atoms with E-state index in [1.54, 1.807) is 22.7 Å². The highest BCUT2D eigenvalue weighted by Crippen LogP contribution is 2.37. The molecule has 0 radical (unpaired) electrons. The fraction of sp³-hybridized carbons (Fsp3) is 0.556. The van der Waals surface area contributed by atoms with Gasteiger partial charge in [-0.1, -0.05) is 123 Å². The number of carbonyl (C=O) groups is 2. The highest BCUT2D eigenvalue weighted by molar-refractivity contribution is 7.21. The Balaban J connectivity index is 1.87. The standard InChI is InChI=1S/C45H58N2O3S2/c1-6-9-12-15-18-21-24-33-27-37-35(41(31-46)32(4)48)29-39-40(43(37)51-33)30-36(42(47-5)45(49)50-26-23-20-17-14-11-8-3)38-28-34(52-44(38)39)25-22-19-16-13-10-7-2/h27-30H,6-26H2,1-4H3/b41-35+,42-36-. The Morgan fingerprint density at radius 3 is 1.56 bits per heavy atom. The summed E-state index contributed by atoms with van der Waals surface area (Å²) in [5, 5.41) is 15.2. The number of esters is 1. The molecule has 4 rings (SSSR count). The number of hydrogen-bond acceptors (Lipinski definition) is 6. The molecule has 0 bridgehead atoms. The lowest BCUT2D eigenvalue weighted by molar-refractivity contribution is -0.136. The number of benzene rings is 2. The van der Waals surface area contributed by atoms with E-state index in [1.165, 1.54) is 100 Å². The van der Waals surface area contributed by atoms with E-state index in [-0.39, 0.29) is 17.1 Å². The first-order valence-electron chi connectivity index (χ1n) is 20.0. The van der Waals surface area contributed by atoms with Crippen LogP contribution in [0.3, 0.4) is 0 Å². The molecule has 0 N–H and O–H groups in total. The van der Waals surface area contributed by atoms with E-state index in [1.807, 2.05) is 12.1 Å². The number of ketones is 1. The summed E-state index contributed by atoms with van der Waals surface area (Å²) in [6.07, 6.45) is 22.9. The SMILES string of the molecule is [C-]#[N+]/C(C(=O)OCCCCCCCC)=c1/cc2c(c/c(=C(/C#N)C(C)=O)c3cc(CCCCCCCC)sc32)c2sc(CCCCCCCC)cc12. The molecule has 0 spiro atoms. The molecule has 2 aromatic carbocycles. The predicted octanol–water partition coefficient (Wildman–Crippen LogP) is 12.3. The number of unbranched alkanes of at least 4 members (excludes halogenated alkanes) is 15. The second-order valence-corrected chi connectivity index (χ2v) is 16.6. The second kappa shape index (κ2) is 21.9. The van der Waals surface area contributed by atoms with Gasteiger partial charge in [0, 0.05) is 40.5 Å². The maximum atomic E-state index is 13.6. The summed E-state index contributed by atoms with van der Waals surface area (Å²) in [4.78, 5) is 32.7. The molecule has 0 fully saturated rings. The van der Waals surface area contributed by atoms with Gasteiger partial charge >= 0.3 is 5.97 Å². The Hall–Kier alpha value is -3.52. The van der Waals surface area contributed by atoms with Gasteiger partial charge in [-0.3, -0.25) is 9.59 Å². The highest BCUT2D eigenvalue weighted by atomic mass is 32.1. The summed E-state index contributed by atoms with van der Waals surface area (Å²) in [7, 11) is 0. The molecule has 0 aliphatic heterocycles. The van der Waals surface area contributed by atoms with Gasteiger partial charge in [0.1, 0.15) is 11.6 Å². The average Bonchev–Trinajstić information content (AvgIpc) is 3.77. The topological polar surface area (TPSA) is 71.5 Å². The number of fused-ring (bicyclic) bond motifs is 5. The molecule has 5 nitrogen and oxygen atoms in total. The molecule has 0 unspecified atom stereocenters. The first kappa shape index (κ1) is 41.2. The Kier molecular flexibility index (Phi) is 17.3. The Morgan fingerprint density at radius 1 is 0.654 bits per heavy atom. The second-order valence-electron chi connectivity index (χ2n) is 14.3. The summed E-state index contributed by atoms with van der Waals surface area (Å²) < 4.78 is 7.73. The number of thiophene rings is 2. The third-order valence-corrected chi connectivity index (χ3v) is 12.5. The lowest BCUT2D eigenvalue weighted by atomic mass is 9.98. The number of rotatable bonds is 23. The lowest BCUT2D eigenvalue weighted by Gasteiger charge is -2.08. The van der Waals surface area contributed by atoms with E-state index >= 15 is 0 Å². The minimum absolute atomic E-state index is 0.0240. The Morgan fingerprint density at radius 2 is 1.10 bits per heavy atom. The van der Waals surface area contributed by atoms with Crippen molar-refractivity contribution < 1.29 is 14.3 Å². The molecule has 4 aromatic rings. The summed E-state index contributed by atoms with van der Waals surface area (Å²) in [5.74, 6) is -0.807.